The Morgan fingerprint density at radius 1 is 1.23 bits per heavy atom. The van der Waals surface area contributed by atoms with Gasteiger partial charge in [-0.25, -0.2) is 13.1 Å². The van der Waals surface area contributed by atoms with Gasteiger partial charge in [-0.2, -0.15) is 4.31 Å². The summed E-state index contributed by atoms with van der Waals surface area (Å²) in [5.74, 6) is -0.169. The molecule has 0 saturated carbocycles. The van der Waals surface area contributed by atoms with E-state index in [-0.39, 0.29) is 24.0 Å². The number of hydrogen-bond acceptors (Lipinski definition) is 6. The second-order valence-corrected chi connectivity index (χ2v) is 8.81. The first-order chi connectivity index (χ1) is 12.4. The lowest BCUT2D eigenvalue weighted by Crippen LogP contribution is -2.52. The molecule has 2 atom stereocenters. The minimum atomic E-state index is -3.20. The number of sulfonamides is 1. The number of carbonyl (C=O) groups is 1. The molecule has 2 aliphatic heterocycles. The molecule has 3 heterocycles. The number of piperidine rings is 1. The van der Waals surface area contributed by atoms with Crippen molar-refractivity contribution in [3.05, 3.63) is 36.2 Å². The Kier molecular flexibility index (Phi) is 4.23. The van der Waals surface area contributed by atoms with E-state index in [1.807, 2.05) is 6.07 Å². The van der Waals surface area contributed by atoms with Crippen LogP contribution in [0.4, 0.5) is 0 Å². The number of carbonyl (C=O) groups excluding carboxylic acids is 1. The van der Waals surface area contributed by atoms with E-state index in [0.29, 0.717) is 24.1 Å². The highest BCUT2D eigenvalue weighted by Crippen LogP contribution is 2.37. The maximum Gasteiger partial charge on any atom is 0.251 e. The lowest BCUT2D eigenvalue weighted by Gasteiger charge is -2.37. The summed E-state index contributed by atoms with van der Waals surface area (Å²) < 4.78 is 27.1. The standard InChI is InChI=1S/C16H20N6O3S/c1-26(24,25)22-14-5-6-15(22)9-12(8-14)18-16(23)11-3-2-4-13(7-11)21-10-17-19-20-21/h2-4,7,10,12,14-15H,5-6,8-9H2,1H3,(H,18,23). The number of amides is 1. The molecular weight excluding hydrogens is 356 g/mol. The summed E-state index contributed by atoms with van der Waals surface area (Å²) in [6, 6.07) is 7.02. The number of rotatable bonds is 4. The lowest BCUT2D eigenvalue weighted by molar-refractivity contribution is 0.0909. The van der Waals surface area contributed by atoms with Crippen LogP contribution in [0.15, 0.2) is 30.6 Å². The number of fused-ring (bicyclic) bond motifs is 2. The van der Waals surface area contributed by atoms with E-state index in [9.17, 15) is 13.2 Å². The minimum absolute atomic E-state index is 0.0124. The van der Waals surface area contributed by atoms with Gasteiger partial charge in [-0.15, -0.1) is 5.10 Å². The molecule has 2 aliphatic rings. The summed E-state index contributed by atoms with van der Waals surface area (Å²) in [5.41, 5.74) is 1.23. The molecule has 1 N–H and O–H groups in total. The second-order valence-electron chi connectivity index (χ2n) is 6.92. The van der Waals surface area contributed by atoms with Gasteiger partial charge < -0.3 is 5.32 Å². The van der Waals surface area contributed by atoms with Crippen LogP contribution in [0, 0.1) is 0 Å². The molecule has 1 aromatic heterocycles. The zero-order valence-corrected chi connectivity index (χ0v) is 15.1. The number of aromatic nitrogens is 4. The Labute approximate surface area is 151 Å². The van der Waals surface area contributed by atoms with Crippen molar-refractivity contribution in [1.29, 1.82) is 0 Å². The maximum atomic E-state index is 12.6. The van der Waals surface area contributed by atoms with Gasteiger partial charge in [-0.1, -0.05) is 6.07 Å². The highest BCUT2D eigenvalue weighted by molar-refractivity contribution is 7.88. The van der Waals surface area contributed by atoms with Gasteiger partial charge in [0.1, 0.15) is 6.33 Å². The highest BCUT2D eigenvalue weighted by atomic mass is 32.2. The molecular formula is C16H20N6O3S. The first-order valence-corrected chi connectivity index (χ1v) is 10.4. The molecule has 9 nitrogen and oxygen atoms in total. The molecule has 2 bridgehead atoms. The third-order valence-corrected chi connectivity index (χ3v) is 6.47. The molecule has 0 spiro atoms. The Morgan fingerprint density at radius 3 is 2.58 bits per heavy atom. The highest BCUT2D eigenvalue weighted by Gasteiger charge is 2.45. The molecule has 0 radical (unpaired) electrons. The van der Waals surface area contributed by atoms with Crippen LogP contribution < -0.4 is 5.32 Å². The van der Waals surface area contributed by atoms with Crippen molar-refractivity contribution in [2.45, 2.75) is 43.8 Å². The minimum Gasteiger partial charge on any atom is -0.349 e. The van der Waals surface area contributed by atoms with Gasteiger partial charge in [0.2, 0.25) is 10.0 Å². The molecule has 0 aliphatic carbocycles. The van der Waals surface area contributed by atoms with Crippen molar-refractivity contribution >= 4 is 15.9 Å². The summed E-state index contributed by atoms with van der Waals surface area (Å²) in [5, 5.41) is 14.1. The van der Waals surface area contributed by atoms with E-state index >= 15 is 0 Å². The fraction of sp³-hybridized carbons (Fsp3) is 0.500. The van der Waals surface area contributed by atoms with Gasteiger partial charge in [-0.3, -0.25) is 4.79 Å². The zero-order chi connectivity index (χ0) is 18.3. The largest absolute Gasteiger partial charge is 0.349 e. The van der Waals surface area contributed by atoms with Crippen molar-refractivity contribution in [2.24, 2.45) is 0 Å². The number of nitrogens with zero attached hydrogens (tertiary/aromatic N) is 5. The van der Waals surface area contributed by atoms with Crippen LogP contribution in [0.2, 0.25) is 0 Å². The second kappa shape index (κ2) is 6.44. The number of benzene rings is 1. The summed E-state index contributed by atoms with van der Waals surface area (Å²) in [6.45, 7) is 0. The average molecular weight is 376 g/mol. The molecule has 10 heteroatoms. The van der Waals surface area contributed by atoms with Crippen LogP contribution in [0.25, 0.3) is 5.69 Å². The van der Waals surface area contributed by atoms with Crippen molar-refractivity contribution in [3.63, 3.8) is 0 Å². The van der Waals surface area contributed by atoms with Crippen LogP contribution in [0.1, 0.15) is 36.0 Å². The van der Waals surface area contributed by atoms with Crippen molar-refractivity contribution < 1.29 is 13.2 Å². The van der Waals surface area contributed by atoms with Gasteiger partial charge in [0.15, 0.2) is 0 Å². The van der Waals surface area contributed by atoms with Gasteiger partial charge in [0, 0.05) is 23.7 Å². The van der Waals surface area contributed by atoms with Crippen LogP contribution in [0.3, 0.4) is 0 Å². The van der Waals surface area contributed by atoms with E-state index in [2.05, 4.69) is 20.8 Å². The van der Waals surface area contributed by atoms with E-state index in [1.165, 1.54) is 17.3 Å². The smallest absolute Gasteiger partial charge is 0.251 e. The molecule has 138 valence electrons. The molecule has 2 aromatic rings. The molecule has 4 rings (SSSR count). The van der Waals surface area contributed by atoms with E-state index in [4.69, 9.17) is 0 Å². The van der Waals surface area contributed by atoms with E-state index < -0.39 is 10.0 Å². The van der Waals surface area contributed by atoms with Crippen LogP contribution in [-0.2, 0) is 10.0 Å². The lowest BCUT2D eigenvalue weighted by atomic mass is 9.99. The van der Waals surface area contributed by atoms with E-state index in [0.717, 1.165) is 12.8 Å². The monoisotopic (exact) mass is 376 g/mol. The predicted octanol–water partition coefficient (Wildman–Crippen LogP) is 0.347. The topological polar surface area (TPSA) is 110 Å². The van der Waals surface area contributed by atoms with Gasteiger partial charge in [0.25, 0.3) is 5.91 Å². The summed E-state index contributed by atoms with van der Waals surface area (Å²) in [4.78, 5) is 12.6. The van der Waals surface area contributed by atoms with Gasteiger partial charge in [0.05, 0.1) is 11.9 Å². The Bertz CT molecular complexity index is 900. The summed E-state index contributed by atoms with van der Waals surface area (Å²) in [7, 11) is -3.20. The fourth-order valence-corrected chi connectivity index (χ4v) is 5.60. The molecule has 2 saturated heterocycles. The van der Waals surface area contributed by atoms with Crippen LogP contribution >= 0.6 is 0 Å². The van der Waals surface area contributed by atoms with Crippen molar-refractivity contribution in [1.82, 2.24) is 29.8 Å². The van der Waals surface area contributed by atoms with Gasteiger partial charge in [-0.05, 0) is 54.3 Å². The normalized spacial score (nSPS) is 26.0. The summed E-state index contributed by atoms with van der Waals surface area (Å²) >= 11 is 0. The van der Waals surface area contributed by atoms with Crippen molar-refractivity contribution in [3.8, 4) is 5.69 Å². The first kappa shape index (κ1) is 17.1. The molecule has 2 fully saturated rings. The van der Waals surface area contributed by atoms with Crippen LogP contribution in [-0.4, -0.2) is 63.2 Å². The Hall–Kier alpha value is -2.33. The quantitative estimate of drug-likeness (QED) is 0.824. The number of tetrazole rings is 1. The third-order valence-electron chi connectivity index (χ3n) is 5.11. The third kappa shape index (κ3) is 3.21. The molecule has 1 aromatic carbocycles. The average Bonchev–Trinajstić information content (AvgIpc) is 3.22. The van der Waals surface area contributed by atoms with E-state index in [1.54, 1.807) is 22.5 Å². The molecule has 26 heavy (non-hydrogen) atoms. The maximum absolute atomic E-state index is 12.6. The molecule has 1 amide bonds. The van der Waals surface area contributed by atoms with Crippen LogP contribution in [0.5, 0.6) is 0 Å². The Morgan fingerprint density at radius 2 is 1.96 bits per heavy atom. The summed E-state index contributed by atoms with van der Waals surface area (Å²) in [6.07, 6.45) is 5.76. The number of hydrogen-bond donors (Lipinski definition) is 1. The van der Waals surface area contributed by atoms with Gasteiger partial charge >= 0.3 is 0 Å². The predicted molar refractivity (Wildman–Crippen MR) is 93.1 cm³/mol. The Balaban J connectivity index is 1.46. The zero-order valence-electron chi connectivity index (χ0n) is 14.3. The molecule has 2 unspecified atom stereocenters. The SMILES string of the molecule is CS(=O)(=O)N1C2CCC1CC(NC(=O)c1cccc(-n3cnnn3)c1)C2. The number of nitrogens with one attached hydrogen (secondary N) is 1. The van der Waals surface area contributed by atoms with Crippen molar-refractivity contribution in [2.75, 3.05) is 6.26 Å². The first-order valence-electron chi connectivity index (χ1n) is 8.54. The fourth-order valence-electron chi connectivity index (χ4n) is 4.13.